The number of rotatable bonds is 3. The van der Waals surface area contributed by atoms with Crippen LogP contribution in [0.3, 0.4) is 0 Å². The molecule has 132 valence electrons. The van der Waals surface area contributed by atoms with Gasteiger partial charge in [-0.25, -0.2) is 0 Å². The van der Waals surface area contributed by atoms with Gasteiger partial charge in [-0.05, 0) is 61.1 Å². The number of allylic oxidation sites excluding steroid dienone is 1. The predicted molar refractivity (Wildman–Crippen MR) is 104 cm³/mol. The molecule has 2 aromatic carbocycles. The molecule has 3 aliphatic rings. The maximum atomic E-state index is 13.9. The lowest BCUT2D eigenvalue weighted by atomic mass is 9.67. The van der Waals surface area contributed by atoms with Crippen LogP contribution in [-0.4, -0.2) is 17.4 Å². The summed E-state index contributed by atoms with van der Waals surface area (Å²) in [4.78, 5) is 16.1. The van der Waals surface area contributed by atoms with Gasteiger partial charge in [-0.3, -0.25) is 4.79 Å². The second-order valence-electron chi connectivity index (χ2n) is 7.99. The van der Waals surface area contributed by atoms with Crippen LogP contribution in [0.25, 0.3) is 0 Å². The first-order valence-electron chi connectivity index (χ1n) is 9.95. The molecule has 1 saturated heterocycles. The minimum Gasteiger partial charge on any atom is -0.315 e. The first-order valence-corrected chi connectivity index (χ1v) is 9.95. The largest absolute Gasteiger partial charge is 0.315 e. The molecular weight excluding hydrogens is 318 g/mol. The smallest absolute Gasteiger partial charge is 0.241 e. The third kappa shape index (κ3) is 2.21. The molecular formula is C24H25NO. The number of benzene rings is 2. The molecule has 0 N–H and O–H groups in total. The third-order valence-electron chi connectivity index (χ3n) is 6.60. The van der Waals surface area contributed by atoms with Gasteiger partial charge < -0.3 is 4.90 Å². The van der Waals surface area contributed by atoms with Crippen LogP contribution in [0.5, 0.6) is 0 Å². The molecule has 0 bridgehead atoms. The van der Waals surface area contributed by atoms with Crippen molar-refractivity contribution in [3.63, 3.8) is 0 Å². The van der Waals surface area contributed by atoms with Gasteiger partial charge in [0, 0.05) is 12.2 Å². The van der Waals surface area contributed by atoms with Crippen molar-refractivity contribution in [1.29, 1.82) is 0 Å². The normalized spacial score (nSPS) is 27.6. The zero-order valence-electron chi connectivity index (χ0n) is 15.2. The van der Waals surface area contributed by atoms with E-state index in [1.54, 1.807) is 0 Å². The van der Waals surface area contributed by atoms with Gasteiger partial charge in [-0.2, -0.15) is 0 Å². The van der Waals surface area contributed by atoms with Gasteiger partial charge in [0.25, 0.3) is 0 Å². The molecule has 2 aromatic rings. The van der Waals surface area contributed by atoms with Crippen LogP contribution in [0.2, 0.25) is 0 Å². The highest BCUT2D eigenvalue weighted by molar-refractivity contribution is 5.97. The standard InChI is InChI=1S/C24H25NO/c26-23-24(20-13-5-2-6-14-20,17-18-9-3-1-4-10-18)21-15-7-11-19-12-8-16-25(23)22(19)21/h1-6,9-10,13-14,19H,7-8,11-12,15-17H2. The molecule has 1 amide bonds. The van der Waals surface area contributed by atoms with Crippen molar-refractivity contribution in [3.05, 3.63) is 83.1 Å². The Labute approximate surface area is 155 Å². The second-order valence-corrected chi connectivity index (χ2v) is 7.99. The zero-order chi connectivity index (χ0) is 17.6. The minimum atomic E-state index is -0.499. The summed E-state index contributed by atoms with van der Waals surface area (Å²) in [6.07, 6.45) is 6.70. The van der Waals surface area contributed by atoms with Gasteiger partial charge in [0.1, 0.15) is 5.41 Å². The second kappa shape index (κ2) is 6.12. The predicted octanol–water partition coefficient (Wildman–Crippen LogP) is 4.86. The number of hydrogen-bond acceptors (Lipinski definition) is 1. The monoisotopic (exact) mass is 343 g/mol. The van der Waals surface area contributed by atoms with Crippen LogP contribution in [0.15, 0.2) is 71.9 Å². The Morgan fingerprint density at radius 1 is 0.923 bits per heavy atom. The topological polar surface area (TPSA) is 20.3 Å². The highest BCUT2D eigenvalue weighted by Gasteiger charge is 2.55. The first kappa shape index (κ1) is 15.9. The lowest BCUT2D eigenvalue weighted by Gasteiger charge is -2.35. The lowest BCUT2D eigenvalue weighted by Crippen LogP contribution is -2.43. The molecule has 5 rings (SSSR count). The van der Waals surface area contributed by atoms with Crippen molar-refractivity contribution in [3.8, 4) is 0 Å². The molecule has 0 spiro atoms. The molecule has 1 fully saturated rings. The van der Waals surface area contributed by atoms with Crippen LogP contribution in [0.4, 0.5) is 0 Å². The summed E-state index contributed by atoms with van der Waals surface area (Å²) in [5.74, 6) is 0.918. The summed E-state index contributed by atoms with van der Waals surface area (Å²) in [6.45, 7) is 0.900. The van der Waals surface area contributed by atoms with E-state index in [4.69, 9.17) is 0 Å². The van der Waals surface area contributed by atoms with Crippen molar-refractivity contribution in [2.75, 3.05) is 6.54 Å². The van der Waals surface area contributed by atoms with E-state index in [0.717, 1.165) is 25.8 Å². The molecule has 1 aliphatic carbocycles. The molecule has 2 atom stereocenters. The molecule has 2 aliphatic heterocycles. The summed E-state index contributed by atoms with van der Waals surface area (Å²) in [6, 6.07) is 21.1. The van der Waals surface area contributed by atoms with Crippen molar-refractivity contribution in [2.45, 2.75) is 43.9 Å². The Bertz CT molecular complexity index is 854. The Kier molecular flexibility index (Phi) is 3.74. The van der Waals surface area contributed by atoms with E-state index < -0.39 is 5.41 Å². The molecule has 0 saturated carbocycles. The molecule has 2 heteroatoms. The van der Waals surface area contributed by atoms with E-state index in [9.17, 15) is 4.79 Å². The summed E-state index contributed by atoms with van der Waals surface area (Å²) in [5, 5.41) is 0. The molecule has 2 nitrogen and oxygen atoms in total. The number of carbonyl (C=O) groups excluding carboxylic acids is 1. The van der Waals surface area contributed by atoms with Crippen LogP contribution >= 0.6 is 0 Å². The van der Waals surface area contributed by atoms with Crippen LogP contribution in [-0.2, 0) is 16.6 Å². The highest BCUT2D eigenvalue weighted by Crippen LogP contribution is 2.54. The molecule has 2 heterocycles. The quantitative estimate of drug-likeness (QED) is 0.779. The fourth-order valence-corrected chi connectivity index (χ4v) is 5.53. The first-order chi connectivity index (χ1) is 12.8. The number of carbonyl (C=O) groups is 1. The fraction of sp³-hybridized carbons (Fsp3) is 0.375. The van der Waals surface area contributed by atoms with Crippen LogP contribution < -0.4 is 0 Å². The van der Waals surface area contributed by atoms with Gasteiger partial charge in [-0.15, -0.1) is 0 Å². The average Bonchev–Trinajstić information content (AvgIpc) is 2.95. The molecule has 2 unspecified atom stereocenters. The number of nitrogens with zero attached hydrogens (tertiary/aromatic N) is 1. The van der Waals surface area contributed by atoms with Gasteiger partial charge in [0.2, 0.25) is 5.91 Å². The van der Waals surface area contributed by atoms with Crippen molar-refractivity contribution in [2.24, 2.45) is 5.92 Å². The zero-order valence-corrected chi connectivity index (χ0v) is 15.2. The summed E-state index contributed by atoms with van der Waals surface area (Å²) in [5.41, 5.74) is 4.74. The average molecular weight is 343 g/mol. The van der Waals surface area contributed by atoms with E-state index in [2.05, 4.69) is 59.5 Å². The Balaban J connectivity index is 1.72. The molecule has 0 aromatic heterocycles. The van der Waals surface area contributed by atoms with Crippen molar-refractivity contribution >= 4 is 5.91 Å². The summed E-state index contributed by atoms with van der Waals surface area (Å²) >= 11 is 0. The Hall–Kier alpha value is -2.35. The van der Waals surface area contributed by atoms with E-state index in [1.165, 1.54) is 41.7 Å². The number of hydrogen-bond donors (Lipinski definition) is 0. The van der Waals surface area contributed by atoms with E-state index in [0.29, 0.717) is 11.8 Å². The Morgan fingerprint density at radius 3 is 2.38 bits per heavy atom. The van der Waals surface area contributed by atoms with E-state index in [1.807, 2.05) is 6.07 Å². The van der Waals surface area contributed by atoms with Gasteiger partial charge >= 0.3 is 0 Å². The SMILES string of the molecule is O=C1N2CCCC3CCCC(=C32)C1(Cc1ccccc1)c1ccccc1. The summed E-state index contributed by atoms with van der Waals surface area (Å²) < 4.78 is 0. The van der Waals surface area contributed by atoms with Gasteiger partial charge in [0.15, 0.2) is 0 Å². The maximum absolute atomic E-state index is 13.9. The highest BCUT2D eigenvalue weighted by atomic mass is 16.2. The van der Waals surface area contributed by atoms with E-state index >= 15 is 0 Å². The third-order valence-corrected chi connectivity index (χ3v) is 6.60. The lowest BCUT2D eigenvalue weighted by molar-refractivity contribution is -0.133. The maximum Gasteiger partial charge on any atom is 0.241 e. The summed E-state index contributed by atoms with van der Waals surface area (Å²) in [7, 11) is 0. The van der Waals surface area contributed by atoms with Crippen LogP contribution in [0, 0.1) is 5.92 Å². The fourth-order valence-electron chi connectivity index (χ4n) is 5.53. The van der Waals surface area contributed by atoms with Crippen LogP contribution in [0.1, 0.15) is 43.2 Å². The van der Waals surface area contributed by atoms with Crippen molar-refractivity contribution in [1.82, 2.24) is 4.90 Å². The molecule has 0 radical (unpaired) electrons. The van der Waals surface area contributed by atoms with E-state index in [-0.39, 0.29) is 0 Å². The number of amides is 1. The van der Waals surface area contributed by atoms with Gasteiger partial charge in [-0.1, -0.05) is 60.7 Å². The Morgan fingerprint density at radius 2 is 1.62 bits per heavy atom. The minimum absolute atomic E-state index is 0.323. The number of piperidine rings is 1. The van der Waals surface area contributed by atoms with Crippen molar-refractivity contribution < 1.29 is 4.79 Å². The van der Waals surface area contributed by atoms with Gasteiger partial charge in [0.05, 0.1) is 0 Å². The molecule has 26 heavy (non-hydrogen) atoms.